The molecule has 0 saturated carbocycles. The maximum Gasteiger partial charge on any atom is 0.227 e. The molecular weight excluding hydrogens is 362 g/mol. The zero-order chi connectivity index (χ0) is 19.9. The minimum atomic E-state index is 0. The van der Waals surface area contributed by atoms with Gasteiger partial charge < -0.3 is 10.1 Å². The third-order valence-corrected chi connectivity index (χ3v) is 4.66. The number of likely N-dealkylation sites (N-methyl/N-ethyl adjacent to an activating group) is 1. The zero-order valence-corrected chi connectivity index (χ0v) is 16.6. The first-order chi connectivity index (χ1) is 14.3. The molecule has 1 aliphatic carbocycles. The van der Waals surface area contributed by atoms with Crippen LogP contribution in [0.5, 0.6) is 5.88 Å². The summed E-state index contributed by atoms with van der Waals surface area (Å²) in [6.07, 6.45) is 18.3. The first-order valence-electron chi connectivity index (χ1n) is 9.86. The molecule has 0 fully saturated rings. The molecule has 150 valence electrons. The van der Waals surface area contributed by atoms with Crippen LogP contribution >= 0.6 is 0 Å². The van der Waals surface area contributed by atoms with Crippen LogP contribution in [0.1, 0.15) is 14.3 Å². The number of anilines is 1. The van der Waals surface area contributed by atoms with Crippen LogP contribution in [0.4, 0.5) is 5.95 Å². The molecule has 0 saturated heterocycles. The largest absolute Gasteiger partial charge is 0.477 e. The van der Waals surface area contributed by atoms with Gasteiger partial charge in [-0.1, -0.05) is 30.4 Å². The summed E-state index contributed by atoms with van der Waals surface area (Å²) in [5.74, 6) is 1.18. The number of hydrogen-bond donors (Lipinski definition) is 1. The van der Waals surface area contributed by atoms with Crippen molar-refractivity contribution >= 4 is 5.95 Å². The predicted octanol–water partition coefficient (Wildman–Crippen LogP) is 4.24. The average Bonchev–Trinajstić information content (AvgIpc) is 2.95. The maximum absolute atomic E-state index is 5.81. The topological polar surface area (TPSA) is 63.2 Å². The Bertz CT molecular complexity index is 983. The van der Waals surface area contributed by atoms with Crippen molar-refractivity contribution < 1.29 is 6.16 Å². The van der Waals surface area contributed by atoms with E-state index in [2.05, 4.69) is 68.7 Å². The molecule has 0 radical (unpaired) electrons. The zero-order valence-electron chi connectivity index (χ0n) is 16.6. The van der Waals surface area contributed by atoms with Gasteiger partial charge in [0.25, 0.3) is 0 Å². The van der Waals surface area contributed by atoms with Gasteiger partial charge in [0, 0.05) is 44.2 Å². The summed E-state index contributed by atoms with van der Waals surface area (Å²) in [5.41, 5.74) is 4.03. The highest BCUT2D eigenvalue weighted by atomic mass is 16.5. The van der Waals surface area contributed by atoms with Crippen molar-refractivity contribution in [3.8, 4) is 17.1 Å². The van der Waals surface area contributed by atoms with Crippen molar-refractivity contribution in [1.29, 1.82) is 0 Å². The fraction of sp³-hybridized carbons (Fsp3) is 0.261. The molecule has 3 heterocycles. The lowest BCUT2D eigenvalue weighted by Crippen LogP contribution is -2.21. The third kappa shape index (κ3) is 5.39. The van der Waals surface area contributed by atoms with Crippen molar-refractivity contribution in [2.45, 2.75) is 12.8 Å². The summed E-state index contributed by atoms with van der Waals surface area (Å²) >= 11 is 0. The summed E-state index contributed by atoms with van der Waals surface area (Å²) in [6, 6.07) is 5.74. The molecule has 2 aliphatic rings. The molecule has 6 nitrogen and oxygen atoms in total. The fourth-order valence-corrected chi connectivity index (χ4v) is 3.24. The Kier molecular flexibility index (Phi) is 6.12. The van der Waals surface area contributed by atoms with Crippen molar-refractivity contribution in [3.05, 3.63) is 78.3 Å². The second-order valence-electron chi connectivity index (χ2n) is 7.10. The minimum Gasteiger partial charge on any atom is -0.477 e. The van der Waals surface area contributed by atoms with Crippen LogP contribution in [0.25, 0.3) is 11.3 Å². The lowest BCUT2D eigenvalue weighted by Gasteiger charge is -2.16. The number of nitrogens with zero attached hydrogens (tertiary/aromatic N) is 4. The van der Waals surface area contributed by atoms with Gasteiger partial charge in [0.1, 0.15) is 0 Å². The Morgan fingerprint density at radius 2 is 2.07 bits per heavy atom. The number of fused-ring (bicyclic) bond motifs is 6. The van der Waals surface area contributed by atoms with E-state index in [1.54, 1.807) is 12.4 Å². The quantitative estimate of drug-likeness (QED) is 0.680. The lowest BCUT2D eigenvalue weighted by molar-refractivity contribution is 0.312. The van der Waals surface area contributed by atoms with Crippen LogP contribution in [-0.2, 0) is 0 Å². The summed E-state index contributed by atoms with van der Waals surface area (Å²) in [5, 5.41) is 3.36. The fourth-order valence-electron chi connectivity index (χ4n) is 3.24. The van der Waals surface area contributed by atoms with Crippen LogP contribution in [0, 0.1) is 0 Å². The molecule has 29 heavy (non-hydrogen) atoms. The van der Waals surface area contributed by atoms with Crippen LogP contribution in [0.2, 0.25) is 0 Å². The third-order valence-electron chi connectivity index (χ3n) is 4.66. The molecule has 1 N–H and O–H groups in total. The number of hydrogen-bond acceptors (Lipinski definition) is 6. The number of pyridine rings is 1. The van der Waals surface area contributed by atoms with Gasteiger partial charge in [0.15, 0.2) is 0 Å². The molecule has 6 bridgehead atoms. The van der Waals surface area contributed by atoms with Crippen molar-refractivity contribution in [1.82, 2.24) is 19.9 Å². The highest BCUT2D eigenvalue weighted by molar-refractivity contribution is 5.61. The highest BCUT2D eigenvalue weighted by Crippen LogP contribution is 2.22. The number of aromatic nitrogens is 3. The summed E-state index contributed by atoms with van der Waals surface area (Å²) < 4.78 is 5.81. The van der Waals surface area contributed by atoms with E-state index in [-0.39, 0.29) is 1.43 Å². The van der Waals surface area contributed by atoms with Crippen molar-refractivity contribution in [2.24, 2.45) is 0 Å². The second kappa shape index (κ2) is 9.30. The Balaban J connectivity index is 0.00000256. The monoisotopic (exact) mass is 389 g/mol. The first kappa shape index (κ1) is 19.1. The average molecular weight is 390 g/mol. The van der Waals surface area contributed by atoms with Gasteiger partial charge in [0.05, 0.1) is 12.3 Å². The van der Waals surface area contributed by atoms with Gasteiger partial charge in [-0.05, 0) is 43.7 Å². The molecular formula is C23H27N5O. The molecule has 2 aromatic rings. The van der Waals surface area contributed by atoms with E-state index in [1.165, 1.54) is 5.57 Å². The molecule has 0 amide bonds. The van der Waals surface area contributed by atoms with E-state index < -0.39 is 0 Å². The number of ether oxygens (including phenoxy) is 1. The minimum absolute atomic E-state index is 0. The van der Waals surface area contributed by atoms with Crippen molar-refractivity contribution in [3.63, 3.8) is 0 Å². The number of nitrogens with one attached hydrogen (secondary N) is 1. The van der Waals surface area contributed by atoms with Crippen molar-refractivity contribution in [2.75, 3.05) is 32.1 Å². The Hall–Kier alpha value is -3.25. The van der Waals surface area contributed by atoms with E-state index in [0.29, 0.717) is 18.4 Å². The van der Waals surface area contributed by atoms with E-state index in [0.717, 1.165) is 42.9 Å². The molecule has 0 unspecified atom stereocenters. The second-order valence-corrected chi connectivity index (χ2v) is 7.10. The summed E-state index contributed by atoms with van der Waals surface area (Å²) in [6.45, 7) is 2.34. The van der Waals surface area contributed by atoms with Gasteiger partial charge in [0.2, 0.25) is 11.8 Å². The molecule has 6 heteroatoms. The lowest BCUT2D eigenvalue weighted by atomic mass is 10.2. The van der Waals surface area contributed by atoms with Crippen LogP contribution < -0.4 is 10.1 Å². The summed E-state index contributed by atoms with van der Waals surface area (Å²) in [7, 11) is 2.12. The van der Waals surface area contributed by atoms with Gasteiger partial charge >= 0.3 is 0 Å². The first-order valence-corrected chi connectivity index (χ1v) is 9.86. The standard InChI is InChI=1S/C23H25N5O.H2/c1-28-13-5-2-6-14-29-22-16-19(9-11-24-22)21-10-12-25-23(27-21)26-20-8-4-3-7-18(15-20)17-28;/h2-3,5,7-12,15-16H,4,6,13-14,17H2,1H3,(H,25,26,27);1H/b5-2+;. The Morgan fingerprint density at radius 3 is 3.03 bits per heavy atom. The molecule has 1 aliphatic heterocycles. The Morgan fingerprint density at radius 1 is 1.14 bits per heavy atom. The molecule has 0 aromatic carbocycles. The van der Waals surface area contributed by atoms with Gasteiger partial charge in [-0.15, -0.1) is 0 Å². The molecule has 0 atom stereocenters. The van der Waals surface area contributed by atoms with Crippen LogP contribution in [0.15, 0.2) is 78.3 Å². The Labute approximate surface area is 172 Å². The molecule has 2 aromatic heterocycles. The SMILES string of the molecule is CN1C/C=C/CCOc2cc(ccn2)-c2ccnc(n2)NC2=CCC=CC(=C2)C1.[HH]. The van der Waals surface area contributed by atoms with Gasteiger partial charge in [-0.25, -0.2) is 15.0 Å². The maximum atomic E-state index is 5.81. The van der Waals surface area contributed by atoms with Gasteiger partial charge in [-0.3, -0.25) is 4.90 Å². The summed E-state index contributed by atoms with van der Waals surface area (Å²) in [4.78, 5) is 15.7. The van der Waals surface area contributed by atoms with E-state index in [1.807, 2.05) is 18.2 Å². The number of allylic oxidation sites excluding steroid dienone is 3. The van der Waals surface area contributed by atoms with Gasteiger partial charge in [-0.2, -0.15) is 0 Å². The van der Waals surface area contributed by atoms with Crippen LogP contribution in [-0.4, -0.2) is 46.6 Å². The highest BCUT2D eigenvalue weighted by Gasteiger charge is 2.08. The van der Waals surface area contributed by atoms with E-state index >= 15 is 0 Å². The van der Waals surface area contributed by atoms with Crippen LogP contribution in [0.3, 0.4) is 0 Å². The smallest absolute Gasteiger partial charge is 0.227 e. The molecule has 4 rings (SSSR count). The predicted molar refractivity (Wildman–Crippen MR) is 118 cm³/mol. The molecule has 0 spiro atoms. The normalized spacial score (nSPS) is 18.8. The van der Waals surface area contributed by atoms with E-state index in [4.69, 9.17) is 4.74 Å². The van der Waals surface area contributed by atoms with E-state index in [9.17, 15) is 0 Å². The number of rotatable bonds is 0.